The zero-order valence-corrected chi connectivity index (χ0v) is 28.3. The van der Waals surface area contributed by atoms with Crippen LogP contribution in [0.1, 0.15) is 85.5 Å². The number of amides is 2. The Bertz CT molecular complexity index is 1570. The summed E-state index contributed by atoms with van der Waals surface area (Å²) in [5, 5.41) is 0.728. The topological polar surface area (TPSA) is 83.8 Å². The minimum Gasteiger partial charge on any atom is -0.446 e. The van der Waals surface area contributed by atoms with Gasteiger partial charge in [0.2, 0.25) is 5.91 Å². The molecule has 3 fully saturated rings. The third-order valence-corrected chi connectivity index (χ3v) is 10.7. The number of rotatable bonds is 9. The van der Waals surface area contributed by atoms with E-state index in [1.807, 2.05) is 42.7 Å². The lowest BCUT2D eigenvalue weighted by Gasteiger charge is -2.45. The van der Waals surface area contributed by atoms with E-state index < -0.39 is 6.04 Å². The van der Waals surface area contributed by atoms with Gasteiger partial charge >= 0.3 is 6.09 Å². The molecule has 2 saturated carbocycles. The average Bonchev–Trinajstić information content (AvgIpc) is 3.84. The molecule has 2 atom stereocenters. The van der Waals surface area contributed by atoms with Crippen molar-refractivity contribution in [2.75, 3.05) is 32.7 Å². The third kappa shape index (κ3) is 7.51. The van der Waals surface area contributed by atoms with Crippen LogP contribution in [0.25, 0.3) is 0 Å². The molecule has 2 amide bonds. The first-order valence-electron chi connectivity index (χ1n) is 17.6. The molecule has 4 aliphatic rings. The van der Waals surface area contributed by atoms with Gasteiger partial charge in [-0.25, -0.2) is 9.78 Å². The molecule has 3 aliphatic carbocycles. The van der Waals surface area contributed by atoms with Crippen LogP contribution < -0.4 is 0 Å². The smallest absolute Gasteiger partial charge is 0.410 e. The molecule has 7 rings (SSSR count). The molecule has 1 aromatic carbocycles. The molecule has 3 aromatic rings. The van der Waals surface area contributed by atoms with Gasteiger partial charge in [0.15, 0.2) is 0 Å². The predicted octanol–water partition coefficient (Wildman–Crippen LogP) is 6.21. The lowest BCUT2D eigenvalue weighted by atomic mass is 9.95. The van der Waals surface area contributed by atoms with Gasteiger partial charge in [0.1, 0.15) is 12.1 Å². The molecule has 0 bridgehead atoms. The Balaban J connectivity index is 1.18. The van der Waals surface area contributed by atoms with Gasteiger partial charge in [-0.05, 0) is 106 Å². The van der Waals surface area contributed by atoms with Crippen molar-refractivity contribution < 1.29 is 14.3 Å². The number of ether oxygens (including phenoxy) is 1. The number of carbonyl (C=O) groups is 2. The molecular formula is C37H47ClN6O3. The van der Waals surface area contributed by atoms with Crippen LogP contribution in [-0.2, 0) is 28.9 Å². The summed E-state index contributed by atoms with van der Waals surface area (Å²) < 4.78 is 8.20. The second kappa shape index (κ2) is 14.4. The number of hydrogen-bond acceptors (Lipinski definition) is 6. The number of carbonyl (C=O) groups excluding carboxylic acids is 2. The molecule has 1 aliphatic heterocycles. The Morgan fingerprint density at radius 2 is 1.85 bits per heavy atom. The fraction of sp³-hybridized carbons (Fsp3) is 0.568. The molecule has 10 heteroatoms. The van der Waals surface area contributed by atoms with Crippen molar-refractivity contribution in [2.24, 2.45) is 5.92 Å². The first-order valence-corrected chi connectivity index (χ1v) is 18.0. The van der Waals surface area contributed by atoms with E-state index in [0.717, 1.165) is 87.3 Å². The van der Waals surface area contributed by atoms with Gasteiger partial charge in [-0.15, -0.1) is 0 Å². The Hall–Kier alpha value is -3.43. The second-order valence-electron chi connectivity index (χ2n) is 14.0. The highest BCUT2D eigenvalue weighted by Crippen LogP contribution is 2.38. The van der Waals surface area contributed by atoms with Crippen molar-refractivity contribution in [1.82, 2.24) is 29.2 Å². The number of piperazine rings is 1. The van der Waals surface area contributed by atoms with E-state index in [-0.39, 0.29) is 24.1 Å². The largest absolute Gasteiger partial charge is 0.446 e. The van der Waals surface area contributed by atoms with Crippen LogP contribution in [0.5, 0.6) is 0 Å². The Kier molecular flexibility index (Phi) is 9.82. The van der Waals surface area contributed by atoms with Crippen LogP contribution in [0.2, 0.25) is 5.02 Å². The zero-order chi connectivity index (χ0) is 32.3. The summed E-state index contributed by atoms with van der Waals surface area (Å²) in [6, 6.07) is 9.57. The molecule has 0 unspecified atom stereocenters. The summed E-state index contributed by atoms with van der Waals surface area (Å²) >= 11 is 6.49. The molecule has 1 saturated heterocycles. The minimum absolute atomic E-state index is 0.0233. The molecule has 250 valence electrons. The highest BCUT2D eigenvalue weighted by atomic mass is 35.5. The van der Waals surface area contributed by atoms with Gasteiger partial charge in [0.05, 0.1) is 23.8 Å². The molecule has 9 nitrogen and oxygen atoms in total. The number of imidazole rings is 1. The van der Waals surface area contributed by atoms with Crippen molar-refractivity contribution in [3.63, 3.8) is 0 Å². The third-order valence-electron chi connectivity index (χ3n) is 10.5. The van der Waals surface area contributed by atoms with Crippen LogP contribution in [0.15, 0.2) is 49.1 Å². The first kappa shape index (κ1) is 32.1. The predicted molar refractivity (Wildman–Crippen MR) is 181 cm³/mol. The Morgan fingerprint density at radius 1 is 1.02 bits per heavy atom. The summed E-state index contributed by atoms with van der Waals surface area (Å²) in [7, 11) is 0. The van der Waals surface area contributed by atoms with Gasteiger partial charge in [0.25, 0.3) is 0 Å². The number of nitrogens with zero attached hydrogens (tertiary/aromatic N) is 6. The maximum Gasteiger partial charge on any atom is 0.410 e. The van der Waals surface area contributed by atoms with Crippen LogP contribution in [-0.4, -0.2) is 86.1 Å². The van der Waals surface area contributed by atoms with Crippen LogP contribution in [0, 0.1) is 12.8 Å². The molecule has 2 aromatic heterocycles. The number of fused-ring (bicyclic) bond motifs is 2. The quantitative estimate of drug-likeness (QED) is 0.272. The number of halogens is 1. The van der Waals surface area contributed by atoms with Crippen LogP contribution >= 0.6 is 11.6 Å². The zero-order valence-electron chi connectivity index (χ0n) is 27.5. The number of aromatic nitrogens is 3. The van der Waals surface area contributed by atoms with E-state index in [0.29, 0.717) is 32.1 Å². The number of aryl methyl sites for hydroxylation is 4. The lowest BCUT2D eigenvalue weighted by molar-refractivity contribution is -0.140. The SMILES string of the molecule is Cc1cn(CCCN(CC2CC2)C(=O)[C@H]2CN([C@H]3c4ccc(Cl)cc4CCc4cccnc43)CCN2C(=O)OC2CCCCC2)cn1. The summed E-state index contributed by atoms with van der Waals surface area (Å²) in [6.07, 6.45) is 15.4. The highest BCUT2D eigenvalue weighted by Gasteiger charge is 2.43. The van der Waals surface area contributed by atoms with Gasteiger partial charge < -0.3 is 14.2 Å². The maximum atomic E-state index is 14.7. The standard InChI is InChI=1S/C37H47ClN6O3/c1-26-22-41(25-40-26)17-6-18-43(23-27-10-11-27)36(45)33-24-42(19-20-44(33)37(46)47-31-8-3-2-4-9-31)35-32-15-14-30(38)21-29(32)13-12-28-7-5-16-39-34(28)35/h5,7,14-16,21-22,25,27,31,33,35H,2-4,6,8-13,17-20,23-24H2,1H3/t33-,35+/m1/s1. The van der Waals surface area contributed by atoms with Gasteiger partial charge in [-0.3, -0.25) is 19.6 Å². The number of pyridine rings is 1. The van der Waals surface area contributed by atoms with Gasteiger partial charge in [-0.2, -0.15) is 0 Å². The average molecular weight is 659 g/mol. The van der Waals surface area contributed by atoms with Crippen molar-refractivity contribution in [1.29, 1.82) is 0 Å². The van der Waals surface area contributed by atoms with Crippen molar-refractivity contribution in [2.45, 2.75) is 95.9 Å². The molecule has 0 N–H and O–H groups in total. The first-order chi connectivity index (χ1) is 22.9. The molecule has 0 spiro atoms. The van der Waals surface area contributed by atoms with Crippen molar-refractivity contribution in [3.8, 4) is 0 Å². The fourth-order valence-electron chi connectivity index (χ4n) is 7.77. The minimum atomic E-state index is -0.639. The highest BCUT2D eigenvalue weighted by molar-refractivity contribution is 6.30. The van der Waals surface area contributed by atoms with E-state index in [1.165, 1.54) is 23.1 Å². The number of hydrogen-bond donors (Lipinski definition) is 0. The monoisotopic (exact) mass is 658 g/mol. The van der Waals surface area contributed by atoms with E-state index in [1.54, 1.807) is 4.90 Å². The normalized spacial score (nSPS) is 21.9. The van der Waals surface area contributed by atoms with Crippen LogP contribution in [0.3, 0.4) is 0 Å². The Labute approximate surface area is 283 Å². The maximum absolute atomic E-state index is 14.7. The summed E-state index contributed by atoms with van der Waals surface area (Å²) in [5.74, 6) is 0.557. The van der Waals surface area contributed by atoms with E-state index in [4.69, 9.17) is 21.3 Å². The van der Waals surface area contributed by atoms with Crippen molar-refractivity contribution in [3.05, 3.63) is 82.2 Å². The van der Waals surface area contributed by atoms with Gasteiger partial charge in [-0.1, -0.05) is 30.2 Å². The van der Waals surface area contributed by atoms with E-state index in [9.17, 15) is 9.59 Å². The summed E-state index contributed by atoms with van der Waals surface area (Å²) in [4.78, 5) is 44.1. The molecular weight excluding hydrogens is 612 g/mol. The number of benzene rings is 1. The van der Waals surface area contributed by atoms with Gasteiger partial charge in [0, 0.05) is 56.7 Å². The van der Waals surface area contributed by atoms with Crippen molar-refractivity contribution >= 4 is 23.6 Å². The second-order valence-corrected chi connectivity index (χ2v) is 14.4. The fourth-order valence-corrected chi connectivity index (χ4v) is 7.96. The van der Waals surface area contributed by atoms with E-state index in [2.05, 4.69) is 32.7 Å². The summed E-state index contributed by atoms with van der Waals surface area (Å²) in [6.45, 7) is 5.63. The molecule has 47 heavy (non-hydrogen) atoms. The van der Waals surface area contributed by atoms with E-state index >= 15 is 0 Å². The molecule has 3 heterocycles. The summed E-state index contributed by atoms with van der Waals surface area (Å²) in [5.41, 5.74) is 5.64. The van der Waals surface area contributed by atoms with Crippen LogP contribution in [0.4, 0.5) is 4.79 Å². The Morgan fingerprint density at radius 3 is 2.64 bits per heavy atom. The lowest BCUT2D eigenvalue weighted by Crippen LogP contribution is -2.62. The molecule has 0 radical (unpaired) electrons.